The van der Waals surface area contributed by atoms with Gasteiger partial charge in [0, 0.05) is 18.8 Å². The number of pyridine rings is 1. The van der Waals surface area contributed by atoms with Crippen molar-refractivity contribution in [3.63, 3.8) is 0 Å². The summed E-state index contributed by atoms with van der Waals surface area (Å²) in [7, 11) is 0. The Morgan fingerprint density at radius 3 is 2.84 bits per heavy atom. The Kier molecular flexibility index (Phi) is 2.51. The van der Waals surface area contributed by atoms with E-state index >= 15 is 0 Å². The van der Waals surface area contributed by atoms with Crippen molar-refractivity contribution < 1.29 is 23.1 Å². The number of alkyl halides is 2. The molecule has 100 valence electrons. The standard InChI is InChI=1S/C12H10F2N2O3/c13-12(14)4-3-6(5-12)10-16-9-8(19-10)2-1-7(15-9)11(17)18/h1-2,6H,3-5H2,(H,17,18). The molecule has 0 amide bonds. The first-order chi connectivity index (χ1) is 8.94. The molecular weight excluding hydrogens is 258 g/mol. The fourth-order valence-electron chi connectivity index (χ4n) is 2.29. The lowest BCUT2D eigenvalue weighted by atomic mass is 10.1. The van der Waals surface area contributed by atoms with Gasteiger partial charge in [0.15, 0.2) is 22.8 Å². The molecule has 1 aliphatic carbocycles. The van der Waals surface area contributed by atoms with Crippen LogP contribution in [0.2, 0.25) is 0 Å². The molecule has 2 aromatic heterocycles. The molecule has 19 heavy (non-hydrogen) atoms. The molecule has 1 aliphatic rings. The van der Waals surface area contributed by atoms with Gasteiger partial charge in [-0.1, -0.05) is 0 Å². The van der Waals surface area contributed by atoms with E-state index < -0.39 is 17.8 Å². The molecule has 0 bridgehead atoms. The number of nitrogens with zero attached hydrogens (tertiary/aromatic N) is 2. The normalized spacial score (nSPS) is 21.9. The van der Waals surface area contributed by atoms with Crippen LogP contribution in [0.3, 0.4) is 0 Å². The number of rotatable bonds is 2. The van der Waals surface area contributed by atoms with Gasteiger partial charge in [0.05, 0.1) is 0 Å². The van der Waals surface area contributed by atoms with Crippen molar-refractivity contribution in [1.29, 1.82) is 0 Å². The second-order valence-corrected chi connectivity index (χ2v) is 4.67. The summed E-state index contributed by atoms with van der Waals surface area (Å²) in [5.41, 5.74) is 0.310. The Morgan fingerprint density at radius 1 is 1.42 bits per heavy atom. The number of halogens is 2. The van der Waals surface area contributed by atoms with Gasteiger partial charge < -0.3 is 9.52 Å². The topological polar surface area (TPSA) is 76.2 Å². The summed E-state index contributed by atoms with van der Waals surface area (Å²) in [5, 5.41) is 8.81. The van der Waals surface area contributed by atoms with Gasteiger partial charge in [-0.15, -0.1) is 0 Å². The zero-order chi connectivity index (χ0) is 13.6. The van der Waals surface area contributed by atoms with Crippen molar-refractivity contribution in [3.05, 3.63) is 23.7 Å². The Balaban J connectivity index is 1.96. The number of aromatic nitrogens is 2. The molecule has 1 N–H and O–H groups in total. The summed E-state index contributed by atoms with van der Waals surface area (Å²) in [6.45, 7) is 0. The van der Waals surface area contributed by atoms with Crippen LogP contribution in [0.1, 0.15) is 41.6 Å². The van der Waals surface area contributed by atoms with E-state index in [9.17, 15) is 13.6 Å². The maximum Gasteiger partial charge on any atom is 0.354 e. The zero-order valence-electron chi connectivity index (χ0n) is 9.77. The van der Waals surface area contributed by atoms with Crippen LogP contribution in [0.5, 0.6) is 0 Å². The third kappa shape index (κ3) is 2.16. The highest BCUT2D eigenvalue weighted by atomic mass is 19.3. The third-order valence-corrected chi connectivity index (χ3v) is 3.24. The van der Waals surface area contributed by atoms with E-state index in [1.807, 2.05) is 0 Å². The van der Waals surface area contributed by atoms with E-state index in [1.54, 1.807) is 0 Å². The summed E-state index contributed by atoms with van der Waals surface area (Å²) >= 11 is 0. The first-order valence-electron chi connectivity index (χ1n) is 5.83. The molecule has 2 aromatic rings. The highest BCUT2D eigenvalue weighted by molar-refractivity contribution is 5.87. The smallest absolute Gasteiger partial charge is 0.354 e. The van der Waals surface area contributed by atoms with E-state index in [1.165, 1.54) is 12.1 Å². The van der Waals surface area contributed by atoms with E-state index in [2.05, 4.69) is 9.97 Å². The number of carboxylic acid groups (broad SMARTS) is 1. The predicted molar refractivity (Wildman–Crippen MR) is 60.3 cm³/mol. The molecule has 0 radical (unpaired) electrons. The van der Waals surface area contributed by atoms with Crippen LogP contribution in [-0.2, 0) is 0 Å². The number of hydrogen-bond donors (Lipinski definition) is 1. The Bertz CT molecular complexity index is 653. The number of carbonyl (C=O) groups is 1. The summed E-state index contributed by atoms with van der Waals surface area (Å²) in [5.74, 6) is -4.07. The average molecular weight is 268 g/mol. The van der Waals surface area contributed by atoms with Gasteiger partial charge in [0.2, 0.25) is 5.92 Å². The van der Waals surface area contributed by atoms with E-state index in [4.69, 9.17) is 9.52 Å². The van der Waals surface area contributed by atoms with Crippen LogP contribution < -0.4 is 0 Å². The SMILES string of the molecule is O=C(O)c1ccc2oc(C3CCC(F)(F)C3)nc2n1. The van der Waals surface area contributed by atoms with Gasteiger partial charge >= 0.3 is 5.97 Å². The van der Waals surface area contributed by atoms with Crippen molar-refractivity contribution in [1.82, 2.24) is 9.97 Å². The van der Waals surface area contributed by atoms with Gasteiger partial charge in [-0.25, -0.2) is 18.6 Å². The van der Waals surface area contributed by atoms with Gasteiger partial charge in [-0.05, 0) is 18.6 Å². The van der Waals surface area contributed by atoms with E-state index in [0.717, 1.165) is 0 Å². The lowest BCUT2D eigenvalue weighted by Gasteiger charge is -2.06. The molecular formula is C12H10F2N2O3. The molecule has 0 saturated heterocycles. The van der Waals surface area contributed by atoms with Crippen LogP contribution >= 0.6 is 0 Å². The molecule has 0 aromatic carbocycles. The first-order valence-corrected chi connectivity index (χ1v) is 5.83. The minimum Gasteiger partial charge on any atom is -0.477 e. The van der Waals surface area contributed by atoms with Crippen LogP contribution in [0.25, 0.3) is 11.2 Å². The van der Waals surface area contributed by atoms with Gasteiger partial charge in [-0.3, -0.25) is 0 Å². The number of aromatic carboxylic acids is 1. The van der Waals surface area contributed by atoms with Crippen LogP contribution in [-0.4, -0.2) is 27.0 Å². The average Bonchev–Trinajstić information content (AvgIpc) is 2.90. The number of hydrogen-bond acceptors (Lipinski definition) is 4. The fraction of sp³-hybridized carbons (Fsp3) is 0.417. The maximum atomic E-state index is 13.1. The molecule has 7 heteroatoms. The summed E-state index contributed by atoms with van der Waals surface area (Å²) < 4.78 is 31.7. The van der Waals surface area contributed by atoms with E-state index in [0.29, 0.717) is 12.0 Å². The first kappa shape index (κ1) is 12.0. The lowest BCUT2D eigenvalue weighted by molar-refractivity contribution is 0.00707. The Morgan fingerprint density at radius 2 is 2.21 bits per heavy atom. The molecule has 0 spiro atoms. The van der Waals surface area contributed by atoms with Crippen molar-refractivity contribution in [2.75, 3.05) is 0 Å². The van der Waals surface area contributed by atoms with Crippen molar-refractivity contribution in [3.8, 4) is 0 Å². The molecule has 1 fully saturated rings. The fourth-order valence-corrected chi connectivity index (χ4v) is 2.29. The summed E-state index contributed by atoms with van der Waals surface area (Å²) in [6.07, 6.45) is -0.151. The molecule has 0 aliphatic heterocycles. The quantitative estimate of drug-likeness (QED) is 0.906. The van der Waals surface area contributed by atoms with Crippen LogP contribution in [0, 0.1) is 0 Å². The molecule has 2 heterocycles. The summed E-state index contributed by atoms with van der Waals surface area (Å²) in [4.78, 5) is 18.6. The van der Waals surface area contributed by atoms with Crippen molar-refractivity contribution in [2.45, 2.75) is 31.1 Å². The minimum atomic E-state index is -2.68. The number of oxazole rings is 1. The predicted octanol–water partition coefficient (Wildman–Crippen LogP) is 2.82. The molecule has 3 rings (SSSR count). The lowest BCUT2D eigenvalue weighted by Crippen LogP contribution is -2.09. The second-order valence-electron chi connectivity index (χ2n) is 4.67. The summed E-state index contributed by atoms with van der Waals surface area (Å²) in [6, 6.07) is 2.73. The second kappa shape index (κ2) is 3.97. The van der Waals surface area contributed by atoms with Crippen molar-refractivity contribution >= 4 is 17.2 Å². The van der Waals surface area contributed by atoms with Crippen molar-refractivity contribution in [2.24, 2.45) is 0 Å². The highest BCUT2D eigenvalue weighted by Gasteiger charge is 2.42. The Hall–Kier alpha value is -2.05. The minimum absolute atomic E-state index is 0.144. The van der Waals surface area contributed by atoms with Crippen LogP contribution in [0.15, 0.2) is 16.5 Å². The van der Waals surface area contributed by atoms with Gasteiger partial charge in [0.25, 0.3) is 0 Å². The van der Waals surface area contributed by atoms with Gasteiger partial charge in [0.1, 0.15) is 0 Å². The number of fused-ring (bicyclic) bond motifs is 1. The largest absolute Gasteiger partial charge is 0.477 e. The highest BCUT2D eigenvalue weighted by Crippen LogP contribution is 2.44. The molecule has 1 unspecified atom stereocenters. The number of carboxylic acids is 1. The third-order valence-electron chi connectivity index (χ3n) is 3.24. The Labute approximate surface area is 106 Å². The molecule has 5 nitrogen and oxygen atoms in total. The van der Waals surface area contributed by atoms with Gasteiger partial charge in [-0.2, -0.15) is 4.98 Å². The van der Waals surface area contributed by atoms with Crippen LogP contribution in [0.4, 0.5) is 8.78 Å². The van der Waals surface area contributed by atoms with E-state index in [-0.39, 0.29) is 30.1 Å². The molecule has 1 atom stereocenters. The molecule has 1 saturated carbocycles. The maximum absolute atomic E-state index is 13.1. The monoisotopic (exact) mass is 268 g/mol. The zero-order valence-corrected chi connectivity index (χ0v) is 9.77.